The average Bonchev–Trinajstić information content (AvgIpc) is 3.19. The van der Waals surface area contributed by atoms with Crippen molar-refractivity contribution in [1.29, 1.82) is 0 Å². The van der Waals surface area contributed by atoms with E-state index in [1.807, 2.05) is 13.0 Å². The van der Waals surface area contributed by atoms with Gasteiger partial charge in [0.05, 0.1) is 12.2 Å². The maximum Gasteiger partial charge on any atom is 0.166 e. The normalized spacial score (nSPS) is 27.7. The van der Waals surface area contributed by atoms with Gasteiger partial charge < -0.3 is 9.47 Å². The third kappa shape index (κ3) is 3.32. The predicted molar refractivity (Wildman–Crippen MR) is 99.1 cm³/mol. The van der Waals surface area contributed by atoms with Gasteiger partial charge in [0.25, 0.3) is 0 Å². The van der Waals surface area contributed by atoms with E-state index < -0.39 is 0 Å². The largest absolute Gasteiger partial charge is 0.492 e. The van der Waals surface area contributed by atoms with Crippen molar-refractivity contribution in [2.75, 3.05) is 19.8 Å². The Morgan fingerprint density at radius 3 is 2.54 bits per heavy atom. The molecule has 0 bridgehead atoms. The van der Waals surface area contributed by atoms with Crippen LogP contribution in [-0.4, -0.2) is 31.4 Å². The molecule has 2 heterocycles. The van der Waals surface area contributed by atoms with Gasteiger partial charge in [0.1, 0.15) is 5.75 Å². The van der Waals surface area contributed by atoms with E-state index in [2.05, 4.69) is 6.92 Å². The third-order valence-electron chi connectivity index (χ3n) is 6.43. The third-order valence-corrected chi connectivity index (χ3v) is 6.43. The number of hydrogen-bond acceptors (Lipinski definition) is 4. The summed E-state index contributed by atoms with van der Waals surface area (Å²) in [7, 11) is 0. The van der Waals surface area contributed by atoms with Gasteiger partial charge in [-0.3, -0.25) is 9.59 Å². The summed E-state index contributed by atoms with van der Waals surface area (Å²) in [6.07, 6.45) is 4.20. The first-order valence-corrected chi connectivity index (χ1v) is 10.0. The molecule has 0 amide bonds. The Morgan fingerprint density at radius 2 is 1.88 bits per heavy atom. The lowest BCUT2D eigenvalue weighted by molar-refractivity contribution is 0.0551. The Balaban J connectivity index is 1.67. The summed E-state index contributed by atoms with van der Waals surface area (Å²) >= 11 is 0. The highest BCUT2D eigenvalue weighted by Crippen LogP contribution is 2.45. The Kier molecular flexibility index (Phi) is 4.87. The smallest absolute Gasteiger partial charge is 0.166 e. The van der Waals surface area contributed by atoms with E-state index in [-0.39, 0.29) is 17.5 Å². The standard InChI is InChI=1S/C22H28O4/c1-3-20(23)18-10-16(21(24)11-15-8-13(15)2)9-17-19(12-26-22(17)18)14-4-6-25-7-5-14/h9-10,13-15,19H,3-8,11-12H2,1-2H3/t13-,15+,19+/m0/s1. The molecule has 4 heteroatoms. The molecule has 26 heavy (non-hydrogen) atoms. The predicted octanol–water partition coefficient (Wildman–Crippen LogP) is 4.41. The van der Waals surface area contributed by atoms with E-state index in [1.54, 1.807) is 6.07 Å². The van der Waals surface area contributed by atoms with Gasteiger partial charge in [0.2, 0.25) is 0 Å². The van der Waals surface area contributed by atoms with E-state index in [4.69, 9.17) is 9.47 Å². The molecule has 1 saturated heterocycles. The van der Waals surface area contributed by atoms with Crippen LogP contribution >= 0.6 is 0 Å². The number of carbonyl (C=O) groups is 2. The monoisotopic (exact) mass is 356 g/mol. The number of rotatable bonds is 6. The topological polar surface area (TPSA) is 52.6 Å². The highest BCUT2D eigenvalue weighted by Gasteiger charge is 2.37. The van der Waals surface area contributed by atoms with Crippen LogP contribution in [0.25, 0.3) is 0 Å². The summed E-state index contributed by atoms with van der Waals surface area (Å²) in [6, 6.07) is 3.80. The number of ether oxygens (including phenoxy) is 2. The second kappa shape index (κ2) is 7.15. The SMILES string of the molecule is CCC(=O)c1cc(C(=O)C[C@H]2C[C@@H]2C)cc2c1OC[C@@H]2C1CCOCC1. The highest BCUT2D eigenvalue weighted by atomic mass is 16.5. The molecular formula is C22H28O4. The van der Waals surface area contributed by atoms with Crippen LogP contribution in [0.1, 0.15) is 78.1 Å². The molecule has 1 aromatic rings. The zero-order valence-electron chi connectivity index (χ0n) is 15.8. The van der Waals surface area contributed by atoms with Gasteiger partial charge in [0.15, 0.2) is 11.6 Å². The molecule has 0 N–H and O–H groups in total. The Morgan fingerprint density at radius 1 is 1.15 bits per heavy atom. The Labute approximate surface area is 155 Å². The Hall–Kier alpha value is -1.68. The van der Waals surface area contributed by atoms with E-state index in [0.717, 1.165) is 43.8 Å². The molecule has 0 radical (unpaired) electrons. The summed E-state index contributed by atoms with van der Waals surface area (Å²) in [5.41, 5.74) is 2.37. The summed E-state index contributed by atoms with van der Waals surface area (Å²) < 4.78 is 11.5. The van der Waals surface area contributed by atoms with Crippen molar-refractivity contribution in [2.24, 2.45) is 17.8 Å². The number of carbonyl (C=O) groups excluding carboxylic acids is 2. The number of benzene rings is 1. The second-order valence-electron chi connectivity index (χ2n) is 8.19. The summed E-state index contributed by atoms with van der Waals surface area (Å²) in [5, 5.41) is 0. The van der Waals surface area contributed by atoms with Gasteiger partial charge >= 0.3 is 0 Å². The lowest BCUT2D eigenvalue weighted by Gasteiger charge is -2.27. The number of hydrogen-bond donors (Lipinski definition) is 0. The van der Waals surface area contributed by atoms with Crippen LogP contribution < -0.4 is 4.74 Å². The van der Waals surface area contributed by atoms with Crippen LogP contribution in [0.4, 0.5) is 0 Å². The first-order valence-electron chi connectivity index (χ1n) is 10.0. The van der Waals surface area contributed by atoms with Crippen LogP contribution in [0.15, 0.2) is 12.1 Å². The molecule has 0 spiro atoms. The Bertz CT molecular complexity index is 717. The molecule has 140 valence electrons. The molecule has 4 nitrogen and oxygen atoms in total. The number of ketones is 2. The molecular weight excluding hydrogens is 328 g/mol. The number of fused-ring (bicyclic) bond motifs is 1. The van der Waals surface area contributed by atoms with Crippen molar-refractivity contribution in [3.8, 4) is 5.75 Å². The maximum absolute atomic E-state index is 12.8. The van der Waals surface area contributed by atoms with Gasteiger partial charge in [-0.2, -0.15) is 0 Å². The summed E-state index contributed by atoms with van der Waals surface area (Å²) in [4.78, 5) is 25.3. The molecule has 1 saturated carbocycles. The minimum Gasteiger partial charge on any atom is -0.492 e. The molecule has 3 atom stereocenters. The van der Waals surface area contributed by atoms with Crippen LogP contribution in [-0.2, 0) is 4.74 Å². The average molecular weight is 356 g/mol. The molecule has 1 aromatic carbocycles. The minimum absolute atomic E-state index is 0.0586. The van der Waals surface area contributed by atoms with Crippen LogP contribution in [0, 0.1) is 17.8 Å². The lowest BCUT2D eigenvalue weighted by atomic mass is 9.81. The van der Waals surface area contributed by atoms with Gasteiger partial charge in [-0.25, -0.2) is 0 Å². The molecule has 2 aliphatic heterocycles. The minimum atomic E-state index is 0.0586. The maximum atomic E-state index is 12.8. The van der Waals surface area contributed by atoms with Gasteiger partial charge in [0, 0.05) is 43.1 Å². The molecule has 3 aliphatic rings. The van der Waals surface area contributed by atoms with E-state index in [9.17, 15) is 9.59 Å². The quantitative estimate of drug-likeness (QED) is 0.709. The van der Waals surface area contributed by atoms with E-state index in [1.165, 1.54) is 0 Å². The first-order chi connectivity index (χ1) is 12.6. The fourth-order valence-corrected chi connectivity index (χ4v) is 4.46. The number of Topliss-reactive ketones (excluding diaryl/α,β-unsaturated/α-hetero) is 2. The van der Waals surface area contributed by atoms with Gasteiger partial charge in [-0.1, -0.05) is 13.8 Å². The van der Waals surface area contributed by atoms with Crippen molar-refractivity contribution in [1.82, 2.24) is 0 Å². The molecule has 0 unspecified atom stereocenters. The first kappa shape index (κ1) is 17.7. The molecule has 4 rings (SSSR count). The van der Waals surface area contributed by atoms with Crippen LogP contribution in [0.3, 0.4) is 0 Å². The van der Waals surface area contributed by atoms with Crippen LogP contribution in [0.2, 0.25) is 0 Å². The second-order valence-corrected chi connectivity index (χ2v) is 8.19. The van der Waals surface area contributed by atoms with Gasteiger partial charge in [-0.15, -0.1) is 0 Å². The molecule has 0 aromatic heterocycles. The van der Waals surface area contributed by atoms with Crippen molar-refractivity contribution in [3.63, 3.8) is 0 Å². The molecule has 2 fully saturated rings. The van der Waals surface area contributed by atoms with E-state index >= 15 is 0 Å². The summed E-state index contributed by atoms with van der Waals surface area (Å²) in [6.45, 7) is 6.24. The van der Waals surface area contributed by atoms with Crippen molar-refractivity contribution in [2.45, 2.75) is 51.9 Å². The zero-order valence-corrected chi connectivity index (χ0v) is 15.8. The highest BCUT2D eigenvalue weighted by molar-refractivity contribution is 6.04. The fraction of sp³-hybridized carbons (Fsp3) is 0.636. The van der Waals surface area contributed by atoms with Crippen molar-refractivity contribution >= 4 is 11.6 Å². The zero-order chi connectivity index (χ0) is 18.3. The van der Waals surface area contributed by atoms with Crippen LogP contribution in [0.5, 0.6) is 5.75 Å². The fourth-order valence-electron chi connectivity index (χ4n) is 4.46. The molecule has 1 aliphatic carbocycles. The van der Waals surface area contributed by atoms with E-state index in [0.29, 0.717) is 48.3 Å². The lowest BCUT2D eigenvalue weighted by Crippen LogP contribution is -2.23. The van der Waals surface area contributed by atoms with Crippen molar-refractivity contribution in [3.05, 3.63) is 28.8 Å². The summed E-state index contributed by atoms with van der Waals surface area (Å²) in [5.74, 6) is 2.90. The van der Waals surface area contributed by atoms with Crippen molar-refractivity contribution < 1.29 is 19.1 Å². The van der Waals surface area contributed by atoms with Gasteiger partial charge in [-0.05, 0) is 49.1 Å².